The lowest BCUT2D eigenvalue weighted by molar-refractivity contribution is -0.275. The highest BCUT2D eigenvalue weighted by atomic mass is 79.9. The lowest BCUT2D eigenvalue weighted by Gasteiger charge is -2.29. The van der Waals surface area contributed by atoms with E-state index < -0.39 is 27.0 Å². The van der Waals surface area contributed by atoms with Crippen LogP contribution in [0.1, 0.15) is 25.7 Å². The zero-order valence-corrected chi connectivity index (χ0v) is 26.1. The normalized spacial score (nSPS) is 17.3. The Morgan fingerprint density at radius 2 is 1.66 bits per heavy atom. The Morgan fingerprint density at radius 1 is 0.932 bits per heavy atom. The van der Waals surface area contributed by atoms with E-state index in [1.165, 1.54) is 6.07 Å². The molecule has 0 saturated heterocycles. The van der Waals surface area contributed by atoms with E-state index in [9.17, 15) is 21.6 Å². The SMILES string of the molecule is COc1cccc(Nc2nc(NCC3CCC(CNS(=O)(=O)c4ccc(Br)cc4OC(F)(F)F)CC3)nc3ccccc23)c1. The summed E-state index contributed by atoms with van der Waals surface area (Å²) < 4.78 is 76.4. The Balaban J connectivity index is 1.17. The van der Waals surface area contributed by atoms with Crippen molar-refractivity contribution < 1.29 is 31.1 Å². The van der Waals surface area contributed by atoms with Gasteiger partial charge in [-0.25, -0.2) is 18.1 Å². The second-order valence-electron chi connectivity index (χ2n) is 10.5. The Labute approximate surface area is 261 Å². The van der Waals surface area contributed by atoms with Gasteiger partial charge in [0.05, 0.1) is 12.6 Å². The molecule has 3 N–H and O–H groups in total. The summed E-state index contributed by atoms with van der Waals surface area (Å²) in [5.74, 6) is 1.48. The number of benzene rings is 3. The highest BCUT2D eigenvalue weighted by molar-refractivity contribution is 9.10. The number of nitrogens with zero attached hydrogens (tertiary/aromatic N) is 2. The molecular formula is C30H31BrF3N5O4S. The van der Waals surface area contributed by atoms with Crippen LogP contribution in [-0.2, 0) is 10.0 Å². The van der Waals surface area contributed by atoms with Crippen molar-refractivity contribution in [3.8, 4) is 11.5 Å². The molecule has 0 amide bonds. The minimum absolute atomic E-state index is 0.0547. The second kappa shape index (κ2) is 13.6. The van der Waals surface area contributed by atoms with Crippen molar-refractivity contribution in [2.45, 2.75) is 36.9 Å². The number of halogens is 4. The smallest absolute Gasteiger partial charge is 0.497 e. The summed E-state index contributed by atoms with van der Waals surface area (Å²) in [6.07, 6.45) is -1.79. The first-order valence-electron chi connectivity index (χ1n) is 14.0. The van der Waals surface area contributed by atoms with Gasteiger partial charge in [-0.15, -0.1) is 13.2 Å². The van der Waals surface area contributed by atoms with Gasteiger partial charge in [0.1, 0.15) is 16.5 Å². The number of fused-ring (bicyclic) bond motifs is 1. The number of nitrogens with one attached hydrogen (secondary N) is 3. The average Bonchev–Trinajstić information content (AvgIpc) is 2.99. The van der Waals surface area contributed by atoms with E-state index in [0.717, 1.165) is 60.2 Å². The van der Waals surface area contributed by atoms with Crippen molar-refractivity contribution in [3.05, 3.63) is 71.2 Å². The predicted molar refractivity (Wildman–Crippen MR) is 166 cm³/mol. The number of sulfonamides is 1. The first-order chi connectivity index (χ1) is 21.0. The van der Waals surface area contributed by atoms with E-state index >= 15 is 0 Å². The quantitative estimate of drug-likeness (QED) is 0.151. The van der Waals surface area contributed by atoms with E-state index in [0.29, 0.717) is 24.2 Å². The Hall–Kier alpha value is -3.62. The van der Waals surface area contributed by atoms with E-state index in [1.54, 1.807) is 7.11 Å². The molecule has 1 heterocycles. The van der Waals surface area contributed by atoms with E-state index in [1.807, 2.05) is 48.5 Å². The maximum atomic E-state index is 12.9. The monoisotopic (exact) mass is 693 g/mol. The van der Waals surface area contributed by atoms with Gasteiger partial charge >= 0.3 is 6.36 Å². The molecule has 1 aliphatic carbocycles. The predicted octanol–water partition coefficient (Wildman–Crippen LogP) is 7.24. The number of ether oxygens (including phenoxy) is 2. The largest absolute Gasteiger partial charge is 0.573 e. The molecule has 1 aromatic heterocycles. The van der Waals surface area contributed by atoms with E-state index in [-0.39, 0.29) is 16.9 Å². The van der Waals surface area contributed by atoms with Crippen LogP contribution in [0.25, 0.3) is 10.9 Å². The number of hydrogen-bond acceptors (Lipinski definition) is 8. The number of rotatable bonds is 11. The van der Waals surface area contributed by atoms with Crippen molar-refractivity contribution in [2.75, 3.05) is 30.8 Å². The molecule has 0 unspecified atom stereocenters. The molecule has 0 aliphatic heterocycles. The van der Waals surface area contributed by atoms with Crippen LogP contribution < -0.4 is 24.8 Å². The molecule has 0 bridgehead atoms. The van der Waals surface area contributed by atoms with Crippen LogP contribution in [0.4, 0.5) is 30.6 Å². The summed E-state index contributed by atoms with van der Waals surface area (Å²) >= 11 is 3.05. The standard InChI is InChI=1S/C30H31BrF3N5O4S/c1-42-23-6-4-5-22(16-23)37-28-24-7-2-3-8-25(24)38-29(39-28)35-17-19-9-11-20(12-10-19)18-36-44(40,41)27-14-13-21(31)15-26(27)43-30(32,33)34/h2-8,13-16,19-20,36H,9-12,17-18H2,1H3,(H2,35,37,38,39). The van der Waals surface area contributed by atoms with Gasteiger partial charge in [-0.1, -0.05) is 34.1 Å². The molecule has 3 aromatic carbocycles. The average molecular weight is 695 g/mol. The zero-order chi connectivity index (χ0) is 31.3. The van der Waals surface area contributed by atoms with Crippen LogP contribution in [0.3, 0.4) is 0 Å². The lowest BCUT2D eigenvalue weighted by Crippen LogP contribution is -2.33. The van der Waals surface area contributed by atoms with Crippen LogP contribution in [0.5, 0.6) is 11.5 Å². The summed E-state index contributed by atoms with van der Waals surface area (Å²) in [4.78, 5) is 8.86. The molecule has 0 atom stereocenters. The van der Waals surface area contributed by atoms with Crippen LogP contribution in [0.2, 0.25) is 0 Å². The third kappa shape index (κ3) is 8.30. The van der Waals surface area contributed by atoms with Crippen molar-refractivity contribution in [1.29, 1.82) is 0 Å². The van der Waals surface area contributed by atoms with Crippen molar-refractivity contribution >= 4 is 54.3 Å². The summed E-state index contributed by atoms with van der Waals surface area (Å²) in [5.41, 5.74) is 1.62. The van der Waals surface area contributed by atoms with Gasteiger partial charge in [0.15, 0.2) is 5.75 Å². The summed E-state index contributed by atoms with van der Waals surface area (Å²) in [7, 11) is -2.61. The van der Waals surface area contributed by atoms with Gasteiger partial charge < -0.3 is 20.1 Å². The molecule has 9 nitrogen and oxygen atoms in total. The Morgan fingerprint density at radius 3 is 2.39 bits per heavy atom. The maximum absolute atomic E-state index is 12.9. The molecule has 234 valence electrons. The molecule has 1 fully saturated rings. The van der Waals surface area contributed by atoms with Gasteiger partial charge in [-0.2, -0.15) is 4.98 Å². The highest BCUT2D eigenvalue weighted by Gasteiger charge is 2.34. The van der Waals surface area contributed by atoms with Crippen LogP contribution in [-0.4, -0.2) is 44.9 Å². The minimum Gasteiger partial charge on any atom is -0.497 e. The van der Waals surface area contributed by atoms with Crippen molar-refractivity contribution in [3.63, 3.8) is 0 Å². The number of alkyl halides is 3. The van der Waals surface area contributed by atoms with Gasteiger partial charge in [-0.3, -0.25) is 0 Å². The van der Waals surface area contributed by atoms with Gasteiger partial charge in [0.25, 0.3) is 0 Å². The fourth-order valence-corrected chi connectivity index (χ4v) is 6.74. The first kappa shape index (κ1) is 31.8. The van der Waals surface area contributed by atoms with E-state index in [2.05, 4.69) is 41.0 Å². The Kier molecular flexibility index (Phi) is 9.81. The fourth-order valence-electron chi connectivity index (χ4n) is 5.18. The molecule has 44 heavy (non-hydrogen) atoms. The van der Waals surface area contributed by atoms with Crippen LogP contribution in [0, 0.1) is 11.8 Å². The molecule has 0 radical (unpaired) electrons. The molecule has 5 rings (SSSR count). The summed E-state index contributed by atoms with van der Waals surface area (Å²) in [6.45, 7) is 0.767. The number of hydrogen-bond donors (Lipinski definition) is 3. The molecule has 4 aromatic rings. The highest BCUT2D eigenvalue weighted by Crippen LogP contribution is 2.34. The molecular weight excluding hydrogens is 663 g/mol. The summed E-state index contributed by atoms with van der Waals surface area (Å²) in [5, 5.41) is 7.62. The van der Waals surface area contributed by atoms with Crippen LogP contribution >= 0.6 is 15.9 Å². The lowest BCUT2D eigenvalue weighted by atomic mass is 9.82. The molecule has 14 heteroatoms. The maximum Gasteiger partial charge on any atom is 0.573 e. The topological polar surface area (TPSA) is 114 Å². The second-order valence-corrected chi connectivity index (χ2v) is 13.2. The summed E-state index contributed by atoms with van der Waals surface area (Å²) in [6, 6.07) is 18.7. The zero-order valence-electron chi connectivity index (χ0n) is 23.7. The third-order valence-electron chi connectivity index (χ3n) is 7.43. The first-order valence-corrected chi connectivity index (χ1v) is 16.2. The fraction of sp³-hybridized carbons (Fsp3) is 0.333. The van der Waals surface area contributed by atoms with Crippen LogP contribution in [0.15, 0.2) is 76.1 Å². The van der Waals surface area contributed by atoms with Gasteiger partial charge in [0, 0.05) is 34.7 Å². The Bertz CT molecular complexity index is 1720. The molecule has 1 saturated carbocycles. The van der Waals surface area contributed by atoms with Crippen molar-refractivity contribution in [1.82, 2.24) is 14.7 Å². The number of aromatic nitrogens is 2. The van der Waals surface area contributed by atoms with Crippen molar-refractivity contribution in [2.24, 2.45) is 11.8 Å². The van der Waals surface area contributed by atoms with Gasteiger partial charge in [-0.05, 0) is 80.0 Å². The minimum atomic E-state index is -5.02. The number of para-hydroxylation sites is 1. The van der Waals surface area contributed by atoms with Gasteiger partial charge in [0.2, 0.25) is 16.0 Å². The molecule has 1 aliphatic rings. The number of anilines is 3. The van der Waals surface area contributed by atoms with E-state index in [4.69, 9.17) is 9.72 Å². The molecule has 0 spiro atoms. The third-order valence-corrected chi connectivity index (χ3v) is 9.39. The number of methoxy groups -OCH3 is 1.